The van der Waals surface area contributed by atoms with Crippen molar-refractivity contribution in [1.29, 1.82) is 0 Å². The van der Waals surface area contributed by atoms with Crippen LogP contribution in [0.4, 0.5) is 5.82 Å². The van der Waals surface area contributed by atoms with Gasteiger partial charge in [0.05, 0.1) is 6.04 Å². The molecule has 30 heavy (non-hydrogen) atoms. The molecule has 0 bridgehead atoms. The summed E-state index contributed by atoms with van der Waals surface area (Å²) in [6, 6.07) is 9.22. The lowest BCUT2D eigenvalue weighted by Gasteiger charge is -2.15. The predicted molar refractivity (Wildman–Crippen MR) is 116 cm³/mol. The Hall–Kier alpha value is -3.45. The quantitative estimate of drug-likeness (QED) is 0.651. The van der Waals surface area contributed by atoms with Gasteiger partial charge >= 0.3 is 0 Å². The molecule has 1 atom stereocenters. The largest absolute Gasteiger partial charge is 0.461 e. The molecule has 3 heterocycles. The summed E-state index contributed by atoms with van der Waals surface area (Å²) in [5.74, 6) is 1.01. The minimum atomic E-state index is -0.532. The first-order valence-electron chi connectivity index (χ1n) is 9.88. The standard InChI is InChI=1S/C23H24N4O3/c1-14-18(17-5-3-4-6-20(17)30-14)13-27(2)21(28)10-7-15-11-16-8-9-19(24)23(29)26-22(16)25-12-15/h3-7,10-12,19H,8-9,13,24H2,1-2H3,(H,25,26,29). The third-order valence-corrected chi connectivity index (χ3v) is 5.38. The van der Waals surface area contributed by atoms with E-state index >= 15 is 0 Å². The van der Waals surface area contributed by atoms with Crippen LogP contribution in [-0.4, -0.2) is 34.8 Å². The van der Waals surface area contributed by atoms with Crippen LogP contribution in [0.3, 0.4) is 0 Å². The van der Waals surface area contributed by atoms with Gasteiger partial charge in [0.25, 0.3) is 0 Å². The second-order valence-corrected chi connectivity index (χ2v) is 7.57. The number of anilines is 1. The molecular formula is C23H24N4O3. The Labute approximate surface area is 174 Å². The molecule has 154 valence electrons. The Morgan fingerprint density at radius 1 is 1.40 bits per heavy atom. The van der Waals surface area contributed by atoms with Gasteiger partial charge in [-0.3, -0.25) is 9.59 Å². The number of aromatic nitrogens is 1. The number of para-hydroxylation sites is 1. The van der Waals surface area contributed by atoms with Crippen molar-refractivity contribution in [3.63, 3.8) is 0 Å². The molecule has 0 aliphatic carbocycles. The highest BCUT2D eigenvalue weighted by atomic mass is 16.3. The minimum Gasteiger partial charge on any atom is -0.461 e. The summed E-state index contributed by atoms with van der Waals surface area (Å²) in [5, 5.41) is 3.77. The van der Waals surface area contributed by atoms with Gasteiger partial charge in [0.2, 0.25) is 11.8 Å². The van der Waals surface area contributed by atoms with Crippen molar-refractivity contribution >= 4 is 34.7 Å². The van der Waals surface area contributed by atoms with E-state index in [2.05, 4.69) is 10.3 Å². The fourth-order valence-electron chi connectivity index (χ4n) is 3.60. The highest BCUT2D eigenvalue weighted by molar-refractivity contribution is 5.95. The number of hydrogen-bond acceptors (Lipinski definition) is 5. The van der Waals surface area contributed by atoms with Gasteiger partial charge in [-0.05, 0) is 49.1 Å². The minimum absolute atomic E-state index is 0.120. The van der Waals surface area contributed by atoms with E-state index < -0.39 is 6.04 Å². The molecule has 1 unspecified atom stereocenters. The molecule has 0 radical (unpaired) electrons. The first-order valence-corrected chi connectivity index (χ1v) is 9.88. The maximum absolute atomic E-state index is 12.6. The summed E-state index contributed by atoms with van der Waals surface area (Å²) in [7, 11) is 1.76. The van der Waals surface area contributed by atoms with Gasteiger partial charge < -0.3 is 20.4 Å². The van der Waals surface area contributed by atoms with Crippen molar-refractivity contribution in [2.24, 2.45) is 5.73 Å². The molecule has 7 heteroatoms. The van der Waals surface area contributed by atoms with E-state index in [4.69, 9.17) is 10.2 Å². The topological polar surface area (TPSA) is 101 Å². The monoisotopic (exact) mass is 404 g/mol. The number of nitrogens with two attached hydrogens (primary N) is 1. The van der Waals surface area contributed by atoms with Gasteiger partial charge in [0, 0.05) is 36.8 Å². The molecule has 7 nitrogen and oxygen atoms in total. The van der Waals surface area contributed by atoms with Gasteiger partial charge in [-0.2, -0.15) is 0 Å². The zero-order valence-corrected chi connectivity index (χ0v) is 17.0. The number of benzene rings is 1. The molecule has 3 aromatic rings. The second-order valence-electron chi connectivity index (χ2n) is 7.57. The average molecular weight is 404 g/mol. The summed E-state index contributed by atoms with van der Waals surface area (Å²) < 4.78 is 5.78. The fraction of sp³-hybridized carbons (Fsp3) is 0.261. The third-order valence-electron chi connectivity index (χ3n) is 5.38. The maximum atomic E-state index is 12.6. The van der Waals surface area contributed by atoms with Gasteiger partial charge in [0.15, 0.2) is 0 Å². The van der Waals surface area contributed by atoms with Gasteiger partial charge in [-0.15, -0.1) is 0 Å². The van der Waals surface area contributed by atoms with Crippen molar-refractivity contribution in [3.05, 3.63) is 65.1 Å². The van der Waals surface area contributed by atoms with Crippen LogP contribution in [0.2, 0.25) is 0 Å². The zero-order chi connectivity index (χ0) is 21.3. The SMILES string of the molecule is Cc1oc2ccccc2c1CN(C)C(=O)C=Cc1cnc2c(c1)CCC(N)C(=O)N2. The maximum Gasteiger partial charge on any atom is 0.246 e. The van der Waals surface area contributed by atoms with Gasteiger partial charge in [0.1, 0.15) is 17.2 Å². The van der Waals surface area contributed by atoms with E-state index in [1.807, 2.05) is 37.3 Å². The molecule has 0 saturated heterocycles. The molecule has 1 aliphatic heterocycles. The molecular weight excluding hydrogens is 380 g/mol. The lowest BCUT2D eigenvalue weighted by atomic mass is 10.1. The molecule has 2 aromatic heterocycles. The molecule has 1 aromatic carbocycles. The second kappa shape index (κ2) is 8.12. The van der Waals surface area contributed by atoms with E-state index in [0.717, 1.165) is 33.4 Å². The van der Waals surface area contributed by atoms with Crippen LogP contribution in [0.15, 0.2) is 47.0 Å². The number of amides is 2. The number of furan rings is 1. The summed E-state index contributed by atoms with van der Waals surface area (Å²) in [4.78, 5) is 30.4. The normalized spacial score (nSPS) is 16.4. The van der Waals surface area contributed by atoms with Crippen molar-refractivity contribution < 1.29 is 14.0 Å². The number of fused-ring (bicyclic) bond motifs is 2. The van der Waals surface area contributed by atoms with E-state index in [1.54, 1.807) is 24.2 Å². The number of pyridine rings is 1. The fourth-order valence-corrected chi connectivity index (χ4v) is 3.60. The molecule has 2 amide bonds. The van der Waals surface area contributed by atoms with Crippen LogP contribution >= 0.6 is 0 Å². The third kappa shape index (κ3) is 3.97. The molecule has 3 N–H and O–H groups in total. The van der Waals surface area contributed by atoms with Crippen molar-refractivity contribution in [2.45, 2.75) is 32.4 Å². The Kier molecular flexibility index (Phi) is 5.37. The van der Waals surface area contributed by atoms with Crippen molar-refractivity contribution in [3.8, 4) is 0 Å². The summed E-state index contributed by atoms with van der Waals surface area (Å²) in [6.07, 6.45) is 6.12. The number of carbonyl (C=O) groups is 2. The van der Waals surface area contributed by atoms with Crippen molar-refractivity contribution in [1.82, 2.24) is 9.88 Å². The van der Waals surface area contributed by atoms with Crippen LogP contribution in [0, 0.1) is 6.92 Å². The number of aryl methyl sites for hydroxylation is 2. The van der Waals surface area contributed by atoms with Crippen molar-refractivity contribution in [2.75, 3.05) is 12.4 Å². The van der Waals surface area contributed by atoms with Crippen LogP contribution in [0.5, 0.6) is 0 Å². The molecule has 0 fully saturated rings. The number of nitrogens with one attached hydrogen (secondary N) is 1. The van der Waals surface area contributed by atoms with Crippen LogP contribution < -0.4 is 11.1 Å². The lowest BCUT2D eigenvalue weighted by molar-refractivity contribution is -0.125. The Bertz CT molecular complexity index is 1150. The lowest BCUT2D eigenvalue weighted by Crippen LogP contribution is -2.34. The highest BCUT2D eigenvalue weighted by Gasteiger charge is 2.21. The van der Waals surface area contributed by atoms with Crippen LogP contribution in [0.1, 0.15) is 28.9 Å². The Balaban J connectivity index is 1.47. The number of carbonyl (C=O) groups excluding carboxylic acids is 2. The number of hydrogen-bond donors (Lipinski definition) is 2. The van der Waals surface area contributed by atoms with Gasteiger partial charge in [-0.25, -0.2) is 4.98 Å². The van der Waals surface area contributed by atoms with Crippen LogP contribution in [0.25, 0.3) is 17.0 Å². The van der Waals surface area contributed by atoms with Gasteiger partial charge in [-0.1, -0.05) is 18.2 Å². The molecule has 1 aliphatic rings. The predicted octanol–water partition coefficient (Wildman–Crippen LogP) is 3.02. The van der Waals surface area contributed by atoms with E-state index in [-0.39, 0.29) is 11.8 Å². The first kappa shape index (κ1) is 19.8. The van der Waals surface area contributed by atoms with E-state index in [9.17, 15) is 9.59 Å². The molecule has 0 saturated carbocycles. The highest BCUT2D eigenvalue weighted by Crippen LogP contribution is 2.26. The first-order chi connectivity index (χ1) is 14.4. The smallest absolute Gasteiger partial charge is 0.246 e. The summed E-state index contributed by atoms with van der Waals surface area (Å²) >= 11 is 0. The van der Waals surface area contributed by atoms with Crippen LogP contribution in [-0.2, 0) is 22.6 Å². The van der Waals surface area contributed by atoms with E-state index in [1.165, 1.54) is 6.08 Å². The number of likely N-dealkylation sites (N-methyl/N-ethyl adjacent to an activating group) is 1. The van der Waals surface area contributed by atoms with E-state index in [0.29, 0.717) is 25.2 Å². The summed E-state index contributed by atoms with van der Waals surface area (Å²) in [6.45, 7) is 2.37. The molecule has 4 rings (SSSR count). The Morgan fingerprint density at radius 2 is 2.20 bits per heavy atom. The summed E-state index contributed by atoms with van der Waals surface area (Å²) in [5.41, 5.74) is 9.36. The Morgan fingerprint density at radius 3 is 3.03 bits per heavy atom. The number of nitrogens with zero attached hydrogens (tertiary/aromatic N) is 2. The average Bonchev–Trinajstić information content (AvgIpc) is 2.98. The molecule has 0 spiro atoms. The zero-order valence-electron chi connectivity index (χ0n) is 17.0. The number of rotatable bonds is 4.